The normalized spacial score (nSPS) is 13.7. The maximum atomic E-state index is 11.8. The van der Waals surface area contributed by atoms with Crippen LogP contribution >= 0.6 is 6.34 Å². The molecule has 1 atom stereocenters. The lowest BCUT2D eigenvalue weighted by Crippen LogP contribution is -2.24. The van der Waals surface area contributed by atoms with Gasteiger partial charge in [0.05, 0.1) is 11.2 Å². The molecule has 1 unspecified atom stereocenters. The SMILES string of the molecule is Cc1cccc(S(=O)NCCP(N)(N)=S)c1. The molecule has 0 aromatic heterocycles. The van der Waals surface area contributed by atoms with Crippen molar-refractivity contribution in [2.45, 2.75) is 11.8 Å². The van der Waals surface area contributed by atoms with E-state index in [1.54, 1.807) is 0 Å². The van der Waals surface area contributed by atoms with Crippen molar-refractivity contribution in [2.24, 2.45) is 11.0 Å². The molecule has 1 aromatic rings. The van der Waals surface area contributed by atoms with Crippen LogP contribution in [0, 0.1) is 6.92 Å². The lowest BCUT2D eigenvalue weighted by molar-refractivity contribution is 0.674. The average Bonchev–Trinajstić information content (AvgIpc) is 2.15. The quantitative estimate of drug-likeness (QED) is 0.696. The highest BCUT2D eigenvalue weighted by Crippen LogP contribution is 2.23. The fourth-order valence-electron chi connectivity index (χ4n) is 1.13. The molecule has 0 saturated heterocycles. The zero-order valence-corrected chi connectivity index (χ0v) is 11.6. The van der Waals surface area contributed by atoms with Crippen molar-refractivity contribution in [1.82, 2.24) is 4.72 Å². The summed E-state index contributed by atoms with van der Waals surface area (Å²) in [4.78, 5) is 0.752. The zero-order chi connectivity index (χ0) is 12.2. The van der Waals surface area contributed by atoms with E-state index in [-0.39, 0.29) is 0 Å². The smallest absolute Gasteiger partial charge is 0.124 e. The van der Waals surface area contributed by atoms with Gasteiger partial charge in [-0.1, -0.05) is 23.9 Å². The molecule has 5 N–H and O–H groups in total. The fourth-order valence-corrected chi connectivity index (χ4v) is 2.96. The number of hydrogen-bond acceptors (Lipinski definition) is 2. The largest absolute Gasteiger partial charge is 0.291 e. The molecular weight excluding hydrogens is 261 g/mol. The third-order valence-corrected chi connectivity index (χ3v) is 4.52. The molecule has 0 spiro atoms. The summed E-state index contributed by atoms with van der Waals surface area (Å²) in [6.07, 6.45) is -1.69. The van der Waals surface area contributed by atoms with E-state index in [4.69, 9.17) is 22.8 Å². The third kappa shape index (κ3) is 5.30. The van der Waals surface area contributed by atoms with Crippen LogP contribution in [-0.2, 0) is 22.8 Å². The standard InChI is InChI=1S/C9H16N3OPS2/c1-8-3-2-4-9(7-8)16(13)12-5-6-14(10,11)15/h2-4,7,12H,5-6H2,1H3,(H4,10,11,15). The second-order valence-electron chi connectivity index (χ2n) is 3.56. The Bertz CT molecular complexity index is 433. The minimum absolute atomic E-state index is 0.477. The van der Waals surface area contributed by atoms with Crippen molar-refractivity contribution < 1.29 is 4.21 Å². The molecule has 16 heavy (non-hydrogen) atoms. The van der Waals surface area contributed by atoms with Gasteiger partial charge in [0.15, 0.2) is 0 Å². The van der Waals surface area contributed by atoms with E-state index in [1.165, 1.54) is 0 Å². The van der Waals surface area contributed by atoms with Crippen LogP contribution in [0.4, 0.5) is 0 Å². The molecule has 1 rings (SSSR count). The molecule has 0 saturated carbocycles. The molecule has 0 aliphatic rings. The first-order valence-electron chi connectivity index (χ1n) is 4.77. The maximum Gasteiger partial charge on any atom is 0.124 e. The minimum atomic E-state index is -2.19. The van der Waals surface area contributed by atoms with Gasteiger partial charge >= 0.3 is 0 Å². The van der Waals surface area contributed by atoms with Crippen LogP contribution < -0.4 is 15.7 Å². The molecule has 0 amide bonds. The molecule has 0 bridgehead atoms. The van der Waals surface area contributed by atoms with Crippen LogP contribution in [0.25, 0.3) is 0 Å². The van der Waals surface area contributed by atoms with Crippen molar-refractivity contribution in [2.75, 3.05) is 12.7 Å². The Hall–Kier alpha value is -0.100. The number of nitrogens with one attached hydrogen (secondary N) is 1. The molecule has 1 aromatic carbocycles. The Balaban J connectivity index is 2.51. The van der Waals surface area contributed by atoms with Gasteiger partial charge < -0.3 is 0 Å². The third-order valence-electron chi connectivity index (χ3n) is 1.90. The van der Waals surface area contributed by atoms with E-state index >= 15 is 0 Å². The number of nitrogens with two attached hydrogens (primary N) is 2. The number of benzene rings is 1. The summed E-state index contributed by atoms with van der Waals surface area (Å²) in [6, 6.07) is 7.53. The van der Waals surface area contributed by atoms with Crippen molar-refractivity contribution >= 4 is 29.1 Å². The van der Waals surface area contributed by atoms with Gasteiger partial charge in [0.25, 0.3) is 0 Å². The van der Waals surface area contributed by atoms with E-state index in [0.717, 1.165) is 10.5 Å². The lowest BCUT2D eigenvalue weighted by Gasteiger charge is -2.10. The molecule has 0 heterocycles. The summed E-state index contributed by atoms with van der Waals surface area (Å²) in [6.45, 7) is 2.44. The van der Waals surface area contributed by atoms with E-state index in [1.807, 2.05) is 31.2 Å². The van der Waals surface area contributed by atoms with Crippen molar-refractivity contribution in [1.29, 1.82) is 0 Å². The average molecular weight is 277 g/mol. The summed E-state index contributed by atoms with van der Waals surface area (Å²) < 4.78 is 14.6. The fraction of sp³-hybridized carbons (Fsp3) is 0.333. The Kier molecular flexibility index (Phi) is 5.24. The van der Waals surface area contributed by atoms with E-state index < -0.39 is 17.3 Å². The summed E-state index contributed by atoms with van der Waals surface area (Å²) in [5.41, 5.74) is 12.2. The van der Waals surface area contributed by atoms with Crippen molar-refractivity contribution in [3.8, 4) is 0 Å². The molecular formula is C9H16N3OPS2. The number of rotatable bonds is 5. The first-order valence-corrected chi connectivity index (χ1v) is 9.04. The van der Waals surface area contributed by atoms with Gasteiger partial charge in [0.2, 0.25) is 0 Å². The number of hydrogen-bond donors (Lipinski definition) is 3. The summed E-state index contributed by atoms with van der Waals surface area (Å²) in [7, 11) is -1.22. The Morgan fingerprint density at radius 1 is 1.50 bits per heavy atom. The van der Waals surface area contributed by atoms with E-state index in [0.29, 0.717) is 12.7 Å². The molecule has 4 nitrogen and oxygen atoms in total. The van der Waals surface area contributed by atoms with Gasteiger partial charge in [-0.2, -0.15) is 0 Å². The van der Waals surface area contributed by atoms with Crippen molar-refractivity contribution in [3.63, 3.8) is 0 Å². The van der Waals surface area contributed by atoms with E-state index in [9.17, 15) is 4.21 Å². The predicted octanol–water partition coefficient (Wildman–Crippen LogP) is 0.834. The molecule has 7 heteroatoms. The van der Waals surface area contributed by atoms with Crippen LogP contribution in [0.1, 0.15) is 5.56 Å². The van der Waals surface area contributed by atoms with Crippen LogP contribution in [0.2, 0.25) is 0 Å². The van der Waals surface area contributed by atoms with Gasteiger partial charge in [-0.3, -0.25) is 11.0 Å². The highest BCUT2D eigenvalue weighted by molar-refractivity contribution is 8.12. The van der Waals surface area contributed by atoms with Crippen molar-refractivity contribution in [3.05, 3.63) is 29.8 Å². The lowest BCUT2D eigenvalue weighted by atomic mass is 10.2. The Labute approximate surface area is 103 Å². The Morgan fingerprint density at radius 3 is 2.75 bits per heavy atom. The van der Waals surface area contributed by atoms with Crippen LogP contribution in [-0.4, -0.2) is 16.9 Å². The summed E-state index contributed by atoms with van der Waals surface area (Å²) >= 11 is 4.90. The van der Waals surface area contributed by atoms with E-state index in [2.05, 4.69) is 4.72 Å². The highest BCUT2D eigenvalue weighted by atomic mass is 32.4. The molecule has 0 fully saturated rings. The van der Waals surface area contributed by atoms with Gasteiger partial charge in [0, 0.05) is 12.7 Å². The second-order valence-corrected chi connectivity index (χ2v) is 9.05. The minimum Gasteiger partial charge on any atom is -0.291 e. The topological polar surface area (TPSA) is 81.1 Å². The van der Waals surface area contributed by atoms with Crippen LogP contribution in [0.15, 0.2) is 29.2 Å². The zero-order valence-electron chi connectivity index (χ0n) is 9.05. The first kappa shape index (κ1) is 14.0. The number of aryl methyl sites for hydroxylation is 1. The second kappa shape index (κ2) is 6.00. The Morgan fingerprint density at radius 2 is 2.19 bits per heavy atom. The molecule has 0 radical (unpaired) electrons. The maximum absolute atomic E-state index is 11.8. The van der Waals surface area contributed by atoms with Gasteiger partial charge in [-0.15, -0.1) is 0 Å². The molecule has 90 valence electrons. The predicted molar refractivity (Wildman–Crippen MR) is 73.1 cm³/mol. The highest BCUT2D eigenvalue weighted by Gasteiger charge is 2.06. The van der Waals surface area contributed by atoms with Crippen LogP contribution in [0.3, 0.4) is 0 Å². The van der Waals surface area contributed by atoms with Gasteiger partial charge in [-0.25, -0.2) is 8.93 Å². The molecule has 0 aliphatic carbocycles. The van der Waals surface area contributed by atoms with Gasteiger partial charge in [0.1, 0.15) is 11.0 Å². The van der Waals surface area contributed by atoms with Gasteiger partial charge in [-0.05, 0) is 24.6 Å². The summed E-state index contributed by atoms with van der Waals surface area (Å²) in [5, 5.41) is 0. The first-order chi connectivity index (χ1) is 7.38. The summed E-state index contributed by atoms with van der Waals surface area (Å²) in [5.74, 6) is 0. The van der Waals surface area contributed by atoms with Crippen LogP contribution in [0.5, 0.6) is 0 Å². The molecule has 0 aliphatic heterocycles. The monoisotopic (exact) mass is 277 g/mol.